The van der Waals surface area contributed by atoms with Crippen molar-refractivity contribution in [2.75, 3.05) is 53.4 Å². The van der Waals surface area contributed by atoms with Crippen LogP contribution in [0.15, 0.2) is 0 Å². The maximum Gasteiger partial charge on any atom is 0.120 e. The normalized spacial score (nSPS) is 15.3. The Balaban J connectivity index is 4.76. The minimum absolute atomic E-state index is 0.162. The molecule has 0 aromatic carbocycles. The van der Waals surface area contributed by atoms with E-state index in [1.807, 2.05) is 5.01 Å². The summed E-state index contributed by atoms with van der Waals surface area (Å²) in [6, 6.07) is 0. The third-order valence-electron chi connectivity index (χ3n) is 4.08. The first kappa shape index (κ1) is 21.8. The predicted octanol–water partition coefficient (Wildman–Crippen LogP) is 0.832. The van der Waals surface area contributed by atoms with Crippen LogP contribution >= 0.6 is 0 Å². The molecular formula is C16H39N5O. The summed E-state index contributed by atoms with van der Waals surface area (Å²) >= 11 is 0. The van der Waals surface area contributed by atoms with Crippen LogP contribution in [0.4, 0.5) is 0 Å². The number of aliphatic hydroxyl groups excluding tert-OH is 1. The first-order chi connectivity index (χ1) is 10.4. The van der Waals surface area contributed by atoms with Crippen LogP contribution in [0.2, 0.25) is 0 Å². The molecule has 22 heavy (non-hydrogen) atoms. The van der Waals surface area contributed by atoms with E-state index in [-0.39, 0.29) is 6.17 Å². The Morgan fingerprint density at radius 2 is 1.45 bits per heavy atom. The van der Waals surface area contributed by atoms with Crippen molar-refractivity contribution in [2.45, 2.75) is 52.9 Å². The summed E-state index contributed by atoms with van der Waals surface area (Å²) < 4.78 is 0. The van der Waals surface area contributed by atoms with Gasteiger partial charge in [-0.3, -0.25) is 20.5 Å². The van der Waals surface area contributed by atoms with Crippen molar-refractivity contribution >= 4 is 0 Å². The predicted molar refractivity (Wildman–Crippen MR) is 94.3 cm³/mol. The molecule has 0 aromatic rings. The number of hydrogen-bond donors (Lipinski definition) is 2. The summed E-state index contributed by atoms with van der Waals surface area (Å²) in [5.41, 5.74) is 0. The van der Waals surface area contributed by atoms with Gasteiger partial charge in [-0.05, 0) is 46.6 Å². The Hall–Kier alpha value is -0.240. The molecule has 0 spiro atoms. The average Bonchev–Trinajstić information content (AvgIpc) is 2.45. The lowest BCUT2D eigenvalue weighted by Crippen LogP contribution is -2.56. The van der Waals surface area contributed by atoms with Crippen molar-refractivity contribution in [2.24, 2.45) is 5.84 Å². The van der Waals surface area contributed by atoms with Gasteiger partial charge in [0.25, 0.3) is 0 Å². The maximum atomic E-state index is 10.4. The summed E-state index contributed by atoms with van der Waals surface area (Å²) in [5.74, 6) is 6.21. The molecule has 0 rings (SSSR count). The molecule has 0 saturated carbocycles. The van der Waals surface area contributed by atoms with E-state index in [0.717, 1.165) is 45.6 Å². The van der Waals surface area contributed by atoms with Crippen LogP contribution in [-0.4, -0.2) is 90.6 Å². The van der Waals surface area contributed by atoms with Crippen LogP contribution in [0.5, 0.6) is 0 Å². The second-order valence-electron chi connectivity index (χ2n) is 6.14. The molecule has 134 valence electrons. The molecule has 0 radical (unpaired) electrons. The highest BCUT2D eigenvalue weighted by Gasteiger charge is 2.23. The Labute approximate surface area is 137 Å². The maximum absolute atomic E-state index is 10.4. The fourth-order valence-electron chi connectivity index (χ4n) is 2.77. The molecule has 0 heterocycles. The lowest BCUT2D eigenvalue weighted by molar-refractivity contribution is -0.0306. The molecule has 0 saturated heterocycles. The Bertz CT molecular complexity index is 261. The van der Waals surface area contributed by atoms with Gasteiger partial charge in [0, 0.05) is 19.6 Å². The van der Waals surface area contributed by atoms with Gasteiger partial charge in [-0.25, -0.2) is 5.01 Å². The Kier molecular flexibility index (Phi) is 12.1. The van der Waals surface area contributed by atoms with E-state index in [1.54, 1.807) is 0 Å². The van der Waals surface area contributed by atoms with Gasteiger partial charge in [0.1, 0.15) is 6.23 Å². The number of nitrogens with two attached hydrogens (primary N) is 1. The van der Waals surface area contributed by atoms with E-state index in [9.17, 15) is 5.11 Å². The molecule has 0 aliphatic heterocycles. The summed E-state index contributed by atoms with van der Waals surface area (Å²) in [4.78, 5) is 6.56. The zero-order chi connectivity index (χ0) is 17.1. The van der Waals surface area contributed by atoms with E-state index in [2.05, 4.69) is 56.5 Å². The van der Waals surface area contributed by atoms with Gasteiger partial charge in [0.2, 0.25) is 0 Å². The molecule has 2 atom stereocenters. The van der Waals surface area contributed by atoms with Gasteiger partial charge in [0.05, 0.1) is 6.17 Å². The van der Waals surface area contributed by atoms with Gasteiger partial charge in [-0.15, -0.1) is 0 Å². The van der Waals surface area contributed by atoms with Crippen LogP contribution in [0.1, 0.15) is 40.5 Å². The zero-order valence-electron chi connectivity index (χ0n) is 15.6. The fraction of sp³-hybridized carbons (Fsp3) is 1.00. The molecule has 2 unspecified atom stereocenters. The minimum Gasteiger partial charge on any atom is -0.377 e. The molecule has 0 bridgehead atoms. The number of rotatable bonds is 13. The number of aliphatic hydroxyl groups is 1. The minimum atomic E-state index is -0.415. The lowest BCUT2D eigenvalue weighted by Gasteiger charge is -2.38. The topological polar surface area (TPSA) is 59.2 Å². The highest BCUT2D eigenvalue weighted by molar-refractivity contribution is 4.73. The summed E-state index contributed by atoms with van der Waals surface area (Å²) in [6.45, 7) is 13.6. The lowest BCUT2D eigenvalue weighted by atomic mass is 10.3. The van der Waals surface area contributed by atoms with E-state index >= 15 is 0 Å². The van der Waals surface area contributed by atoms with Gasteiger partial charge >= 0.3 is 0 Å². The van der Waals surface area contributed by atoms with Crippen molar-refractivity contribution in [3.05, 3.63) is 0 Å². The molecule has 0 amide bonds. The van der Waals surface area contributed by atoms with Gasteiger partial charge in [0.15, 0.2) is 0 Å². The SMILES string of the molecule is CCCN(CC(N(C)C)N(N)CCC)CC(O)N(CC)CC. The summed E-state index contributed by atoms with van der Waals surface area (Å²) in [7, 11) is 4.12. The van der Waals surface area contributed by atoms with Crippen LogP contribution in [-0.2, 0) is 0 Å². The van der Waals surface area contributed by atoms with Gasteiger partial charge < -0.3 is 5.11 Å². The number of hydrogen-bond acceptors (Lipinski definition) is 6. The van der Waals surface area contributed by atoms with Crippen molar-refractivity contribution in [3.8, 4) is 0 Å². The summed E-state index contributed by atoms with van der Waals surface area (Å²) in [6.07, 6.45) is 1.86. The van der Waals surface area contributed by atoms with Crippen LogP contribution in [0.25, 0.3) is 0 Å². The highest BCUT2D eigenvalue weighted by Crippen LogP contribution is 2.06. The van der Waals surface area contributed by atoms with Gasteiger partial charge in [-0.1, -0.05) is 27.7 Å². The van der Waals surface area contributed by atoms with Gasteiger partial charge in [-0.2, -0.15) is 0 Å². The molecule has 0 fully saturated rings. The fourth-order valence-corrected chi connectivity index (χ4v) is 2.77. The van der Waals surface area contributed by atoms with Crippen LogP contribution in [0.3, 0.4) is 0 Å². The van der Waals surface area contributed by atoms with Crippen molar-refractivity contribution in [1.29, 1.82) is 0 Å². The second kappa shape index (κ2) is 12.2. The standard InChI is InChI=1S/C16H39N5O/c1-7-11-19(14-16(22)20(9-3)10-4)13-15(18(5)6)21(17)12-8-2/h15-16,22H,7-14,17H2,1-6H3. The summed E-state index contributed by atoms with van der Waals surface area (Å²) in [5, 5.41) is 12.3. The van der Waals surface area contributed by atoms with Crippen molar-refractivity contribution in [3.63, 3.8) is 0 Å². The van der Waals surface area contributed by atoms with Crippen molar-refractivity contribution in [1.82, 2.24) is 19.7 Å². The number of hydrazine groups is 1. The molecule has 0 aliphatic carbocycles. The van der Waals surface area contributed by atoms with Crippen LogP contribution in [0, 0.1) is 0 Å². The molecule has 6 heteroatoms. The second-order valence-corrected chi connectivity index (χ2v) is 6.14. The first-order valence-electron chi connectivity index (χ1n) is 8.73. The highest BCUT2D eigenvalue weighted by atomic mass is 16.3. The van der Waals surface area contributed by atoms with E-state index in [1.165, 1.54) is 0 Å². The molecule has 6 nitrogen and oxygen atoms in total. The Morgan fingerprint density at radius 3 is 1.86 bits per heavy atom. The largest absolute Gasteiger partial charge is 0.377 e. The quantitative estimate of drug-likeness (QED) is 0.298. The smallest absolute Gasteiger partial charge is 0.120 e. The van der Waals surface area contributed by atoms with Crippen LogP contribution < -0.4 is 5.84 Å². The third-order valence-corrected chi connectivity index (χ3v) is 4.08. The Morgan fingerprint density at radius 1 is 0.909 bits per heavy atom. The zero-order valence-corrected chi connectivity index (χ0v) is 15.6. The van der Waals surface area contributed by atoms with E-state index in [0.29, 0.717) is 6.54 Å². The molecule has 0 aromatic heterocycles. The molecular weight excluding hydrogens is 278 g/mol. The van der Waals surface area contributed by atoms with Crippen molar-refractivity contribution < 1.29 is 5.11 Å². The van der Waals surface area contributed by atoms with E-state index in [4.69, 9.17) is 5.84 Å². The van der Waals surface area contributed by atoms with E-state index < -0.39 is 6.23 Å². The monoisotopic (exact) mass is 317 g/mol. The average molecular weight is 318 g/mol. The number of likely N-dealkylation sites (N-methyl/N-ethyl adjacent to an activating group) is 2. The first-order valence-corrected chi connectivity index (χ1v) is 8.73. The third kappa shape index (κ3) is 7.85. The number of nitrogens with zero attached hydrogens (tertiary/aromatic N) is 4. The molecule has 0 aliphatic rings. The molecule has 3 N–H and O–H groups in total.